The first kappa shape index (κ1) is 44.2. The van der Waals surface area contributed by atoms with Crippen LogP contribution in [0.1, 0.15) is 66.7 Å². The van der Waals surface area contributed by atoms with Gasteiger partial charge >= 0.3 is 330 Å². The Morgan fingerprint density at radius 1 is 0.507 bits per heavy atom. The molecule has 1 aliphatic carbocycles. The van der Waals surface area contributed by atoms with E-state index in [0.29, 0.717) is 5.92 Å². The van der Waals surface area contributed by atoms with Crippen LogP contribution >= 0.6 is 0 Å². The number of para-hydroxylation sites is 3. The predicted molar refractivity (Wildman–Crippen MR) is 296 cm³/mol. The van der Waals surface area contributed by atoms with Crippen molar-refractivity contribution in [2.75, 3.05) is 18.0 Å². The van der Waals surface area contributed by atoms with Gasteiger partial charge < -0.3 is 0 Å². The zero-order valence-electron chi connectivity index (χ0n) is 41.0. The van der Waals surface area contributed by atoms with Crippen LogP contribution < -0.4 is 9.64 Å². The first-order valence-corrected chi connectivity index (χ1v) is 27.3. The average Bonchev–Trinajstić information content (AvgIpc) is 4.12. The molecule has 5 heterocycles. The van der Waals surface area contributed by atoms with E-state index in [0.717, 1.165) is 86.6 Å². The third-order valence-corrected chi connectivity index (χ3v) is 17.1. The number of hydrogen-bond donors (Lipinski definition) is 0. The fourth-order valence-corrected chi connectivity index (χ4v) is 13.9. The van der Waals surface area contributed by atoms with Gasteiger partial charge in [-0.3, -0.25) is 0 Å². The zero-order chi connectivity index (χ0) is 48.6. The molecular formula is C66H55N5OPt. The van der Waals surface area contributed by atoms with E-state index in [-0.39, 0.29) is 0 Å². The molecule has 73 heavy (non-hydrogen) atoms. The summed E-state index contributed by atoms with van der Waals surface area (Å²) in [7, 11) is 0. The fourth-order valence-electron chi connectivity index (χ4n) is 12.8. The number of rotatable bonds is 9. The molecule has 14 rings (SSSR count). The number of hydrogen-bond acceptors (Lipinski definition) is 3. The molecule has 0 saturated heterocycles. The molecule has 7 heteroatoms. The summed E-state index contributed by atoms with van der Waals surface area (Å²) in [6.45, 7) is 4.38. The van der Waals surface area contributed by atoms with Crippen LogP contribution in [0.25, 0.3) is 83.4 Å². The molecule has 0 amide bonds. The molecular weight excluding hydrogens is 1070 g/mol. The third-order valence-electron chi connectivity index (χ3n) is 16.1. The second-order valence-electron chi connectivity index (χ2n) is 20.3. The number of imidazole rings is 1. The molecule has 6 nitrogen and oxygen atoms in total. The van der Waals surface area contributed by atoms with Crippen molar-refractivity contribution in [3.05, 3.63) is 214 Å². The van der Waals surface area contributed by atoms with E-state index in [4.69, 9.17) is 9.72 Å². The summed E-state index contributed by atoms with van der Waals surface area (Å²) < 4.78 is 15.3. The summed E-state index contributed by atoms with van der Waals surface area (Å²) in [5, 5.41) is 2.35. The van der Waals surface area contributed by atoms with Crippen molar-refractivity contribution in [2.24, 2.45) is 0 Å². The van der Waals surface area contributed by atoms with Crippen molar-refractivity contribution in [1.82, 2.24) is 18.7 Å². The minimum absolute atomic E-state index is 0.691. The van der Waals surface area contributed by atoms with Crippen LogP contribution in [-0.4, -0.2) is 31.8 Å². The van der Waals surface area contributed by atoms with Gasteiger partial charge in [0.05, 0.1) is 0 Å². The van der Waals surface area contributed by atoms with Gasteiger partial charge in [0.1, 0.15) is 0 Å². The molecule has 1 fully saturated rings. The molecule has 0 radical (unpaired) electrons. The Morgan fingerprint density at radius 3 is 1.90 bits per heavy atom. The maximum absolute atomic E-state index is 6.92. The molecule has 11 aromatic rings. The summed E-state index contributed by atoms with van der Waals surface area (Å²) in [5.74, 6) is 3.12. The first-order valence-electron chi connectivity index (χ1n) is 26.2. The average molecular weight is 1130 g/mol. The number of anilines is 1. The number of ether oxygens (including phenoxy) is 1. The van der Waals surface area contributed by atoms with Crippen molar-refractivity contribution < 1.29 is 24.1 Å². The Kier molecular flexibility index (Phi) is 11.0. The molecule has 0 bridgehead atoms. The van der Waals surface area contributed by atoms with E-state index >= 15 is 0 Å². The summed E-state index contributed by atoms with van der Waals surface area (Å²) in [6.07, 6.45) is 12.0. The second-order valence-corrected chi connectivity index (χ2v) is 21.3. The molecule has 1 saturated carbocycles. The topological polar surface area (TPSA) is 40.1 Å². The monoisotopic (exact) mass is 1130 g/mol. The number of aromatic nitrogens is 4. The number of nitrogens with zero attached hydrogens (tertiary/aromatic N) is 5. The molecule has 360 valence electrons. The van der Waals surface area contributed by atoms with Gasteiger partial charge in [-0.05, 0) is 42.4 Å². The standard InChI is InChI=1S/C66H55N5O.Pt/c1-44-39-62(67-42-57(44)47-32-30-46(31-33-47)45-17-5-2-6-18-45)71-58-27-12-11-25-53(58)54-35-34-52(41-61(54)71)72-51-24-15-23-50(40-51)69-43-70(60-29-14-13-28-59(60)69)66-63(48-19-7-3-8-20-48)55-26-16-37-68-38-36-56(65(55)68)64(66)49-21-9-4-10-22-49;/h3-4,7-15,19-25,27-35,39-42,45H,2,5-6,16-18,26,36-38H2,1H3;. The molecule has 0 spiro atoms. The van der Waals surface area contributed by atoms with Crippen LogP contribution in [0, 0.1) is 10.7 Å². The molecule has 3 aromatic heterocycles. The van der Waals surface area contributed by atoms with Crippen LogP contribution in [0.3, 0.4) is 0 Å². The minimum atomic E-state index is 0.691. The minimum Gasteiger partial charge on any atom is -0.0581 e. The van der Waals surface area contributed by atoms with Gasteiger partial charge in [-0.1, -0.05) is 55.7 Å². The predicted octanol–water partition coefficient (Wildman–Crippen LogP) is 16.5. The van der Waals surface area contributed by atoms with Gasteiger partial charge in [0.2, 0.25) is 0 Å². The van der Waals surface area contributed by atoms with Crippen LogP contribution in [0.5, 0.6) is 11.5 Å². The van der Waals surface area contributed by atoms with Gasteiger partial charge in [-0.25, -0.2) is 0 Å². The Balaban J connectivity index is 0.867. The van der Waals surface area contributed by atoms with E-state index in [2.05, 4.69) is 233 Å². The number of benzene rings is 8. The van der Waals surface area contributed by atoms with Gasteiger partial charge in [-0.2, -0.15) is 0 Å². The Hall–Kier alpha value is -7.53. The van der Waals surface area contributed by atoms with Gasteiger partial charge in [0, 0.05) is 11.8 Å². The third kappa shape index (κ3) is 7.47. The molecule has 8 aromatic carbocycles. The van der Waals surface area contributed by atoms with Crippen LogP contribution in [-0.2, 0) is 32.2 Å². The summed E-state index contributed by atoms with van der Waals surface area (Å²) >= 11 is 2.58. The van der Waals surface area contributed by atoms with Crippen molar-refractivity contribution in [1.29, 1.82) is 0 Å². The van der Waals surface area contributed by atoms with Crippen LogP contribution in [0.2, 0.25) is 0 Å². The Morgan fingerprint density at radius 2 is 1.16 bits per heavy atom. The van der Waals surface area contributed by atoms with Crippen molar-refractivity contribution >= 4 is 38.5 Å². The van der Waals surface area contributed by atoms with E-state index in [1.807, 2.05) is 0 Å². The maximum atomic E-state index is 6.92. The van der Waals surface area contributed by atoms with Crippen molar-refractivity contribution in [3.8, 4) is 62.1 Å². The second kappa shape index (κ2) is 18.2. The van der Waals surface area contributed by atoms with E-state index in [9.17, 15) is 0 Å². The van der Waals surface area contributed by atoms with E-state index in [1.54, 1.807) is 0 Å². The summed E-state index contributed by atoms with van der Waals surface area (Å²) in [5.41, 5.74) is 21.4. The number of fused-ring (bicyclic) bond motifs is 4. The van der Waals surface area contributed by atoms with Crippen molar-refractivity contribution in [2.45, 2.75) is 64.2 Å². The van der Waals surface area contributed by atoms with E-state index in [1.165, 1.54) is 104 Å². The number of pyridine rings is 1. The van der Waals surface area contributed by atoms with Gasteiger partial charge in [-0.15, -0.1) is 0 Å². The van der Waals surface area contributed by atoms with Gasteiger partial charge in [0.15, 0.2) is 0 Å². The first-order chi connectivity index (χ1) is 36.1. The van der Waals surface area contributed by atoms with Gasteiger partial charge in [0.25, 0.3) is 0 Å². The summed E-state index contributed by atoms with van der Waals surface area (Å²) in [4.78, 5) is 7.84. The normalized spacial score (nSPS) is 14.6. The van der Waals surface area contributed by atoms with Crippen molar-refractivity contribution in [3.63, 3.8) is 0 Å². The Labute approximate surface area is 437 Å². The SMILES string of the molecule is Cc1cc(-n2c3ccccc3c3ccc(Oc4cccc(-n5[c](=[Pt])n(-c6c(-c7ccccc7)c7c8c(c6-c6ccccc6)CCN8CCC7)c6ccccc65)c4)cc32)ncc1-c1ccc(C2CCCCC2)cc1. The number of aryl methyl sites for hydroxylation is 1. The molecule has 0 unspecified atom stereocenters. The molecule has 2 aliphatic heterocycles. The van der Waals surface area contributed by atoms with E-state index < -0.39 is 0 Å². The van der Waals surface area contributed by atoms with Crippen LogP contribution in [0.4, 0.5) is 5.69 Å². The van der Waals surface area contributed by atoms with Crippen LogP contribution in [0.15, 0.2) is 188 Å². The smallest absolute Gasteiger partial charge is 0.0581 e. The molecule has 0 N–H and O–H groups in total. The zero-order valence-corrected chi connectivity index (χ0v) is 43.3. The quantitative estimate of drug-likeness (QED) is 0.145. The Bertz CT molecular complexity index is 3990. The fraction of sp³-hybridized carbons (Fsp3) is 0.182. The molecule has 0 atom stereocenters. The molecule has 3 aliphatic rings. The summed E-state index contributed by atoms with van der Waals surface area (Å²) in [6, 6.07) is 66.4.